The average Bonchev–Trinajstić information content (AvgIpc) is 3.27. The van der Waals surface area contributed by atoms with Crippen LogP contribution in [0.2, 0.25) is 0 Å². The van der Waals surface area contributed by atoms with Crippen molar-refractivity contribution in [1.29, 1.82) is 0 Å². The van der Waals surface area contributed by atoms with Gasteiger partial charge in [0.05, 0.1) is 18.8 Å². The number of nitrogens with zero attached hydrogens (tertiary/aromatic N) is 5. The van der Waals surface area contributed by atoms with Gasteiger partial charge in [-0.2, -0.15) is 0 Å². The first-order valence-electron chi connectivity index (χ1n) is 9.38. The molecule has 1 aromatic carbocycles. The predicted molar refractivity (Wildman–Crippen MR) is 125 cm³/mol. The highest BCUT2D eigenvalue weighted by Gasteiger charge is 2.10. The van der Waals surface area contributed by atoms with Crippen molar-refractivity contribution in [3.05, 3.63) is 71.8 Å². The lowest BCUT2D eigenvalue weighted by Gasteiger charge is -2.22. The molecule has 0 spiro atoms. The second kappa shape index (κ2) is 10.4. The molecule has 2 heterocycles. The van der Waals surface area contributed by atoms with Gasteiger partial charge in [-0.15, -0.1) is 24.0 Å². The Kier molecular flexibility index (Phi) is 8.24. The summed E-state index contributed by atoms with van der Waals surface area (Å²) < 4.78 is 18.4. The Labute approximate surface area is 188 Å². The molecule has 0 atom stereocenters. The first kappa shape index (κ1) is 22.9. The summed E-state index contributed by atoms with van der Waals surface area (Å²) in [6.45, 7) is 5.79. The van der Waals surface area contributed by atoms with Gasteiger partial charge in [0.15, 0.2) is 5.96 Å². The van der Waals surface area contributed by atoms with Crippen LogP contribution in [0, 0.1) is 12.7 Å². The molecule has 29 heavy (non-hydrogen) atoms. The smallest absolute Gasteiger partial charge is 0.194 e. The highest BCUT2D eigenvalue weighted by Crippen LogP contribution is 2.17. The minimum atomic E-state index is -0.282. The molecule has 3 aromatic rings. The Morgan fingerprint density at radius 3 is 2.66 bits per heavy atom. The van der Waals surface area contributed by atoms with E-state index in [2.05, 4.69) is 30.8 Å². The SMILES string of the molecule is CCNC(=NCc1ccc(-n2ccnc2C)c(F)c1)N(C)Cc1cccn1C.I. The maximum Gasteiger partial charge on any atom is 0.194 e. The second-order valence-electron chi connectivity index (χ2n) is 6.77. The molecule has 1 N–H and O–H groups in total. The number of nitrogens with one attached hydrogen (secondary N) is 1. The van der Waals surface area contributed by atoms with E-state index in [1.807, 2.05) is 46.3 Å². The molecule has 0 unspecified atom stereocenters. The third-order valence-electron chi connectivity index (χ3n) is 4.66. The topological polar surface area (TPSA) is 50.4 Å². The number of hydrogen-bond acceptors (Lipinski definition) is 2. The summed E-state index contributed by atoms with van der Waals surface area (Å²) in [6.07, 6.45) is 5.45. The van der Waals surface area contributed by atoms with E-state index < -0.39 is 0 Å². The van der Waals surface area contributed by atoms with E-state index in [1.165, 1.54) is 5.69 Å². The summed E-state index contributed by atoms with van der Waals surface area (Å²) in [5.41, 5.74) is 2.51. The summed E-state index contributed by atoms with van der Waals surface area (Å²) in [5, 5.41) is 3.30. The maximum absolute atomic E-state index is 14.6. The molecule has 0 bridgehead atoms. The van der Waals surface area contributed by atoms with Gasteiger partial charge in [0.25, 0.3) is 0 Å². The number of halogens is 2. The fraction of sp³-hybridized carbons (Fsp3) is 0.333. The third-order valence-corrected chi connectivity index (χ3v) is 4.66. The van der Waals surface area contributed by atoms with Crippen molar-refractivity contribution in [2.75, 3.05) is 13.6 Å². The van der Waals surface area contributed by atoms with Gasteiger partial charge in [-0.25, -0.2) is 14.4 Å². The van der Waals surface area contributed by atoms with Crippen LogP contribution in [0.25, 0.3) is 5.69 Å². The van der Waals surface area contributed by atoms with E-state index in [4.69, 9.17) is 0 Å². The van der Waals surface area contributed by atoms with E-state index in [0.29, 0.717) is 12.2 Å². The van der Waals surface area contributed by atoms with Crippen molar-refractivity contribution in [2.45, 2.75) is 26.9 Å². The van der Waals surface area contributed by atoms with Crippen molar-refractivity contribution in [1.82, 2.24) is 24.3 Å². The molecular formula is C21H28FIN6. The lowest BCUT2D eigenvalue weighted by Crippen LogP contribution is -2.38. The number of aryl methyl sites for hydroxylation is 2. The average molecular weight is 510 g/mol. The highest BCUT2D eigenvalue weighted by atomic mass is 127. The number of guanidine groups is 1. The standard InChI is InChI=1S/C21H27FN6.HI/c1-5-23-21(27(4)15-18-7-6-11-26(18)3)25-14-17-8-9-20(19(22)13-17)28-12-10-24-16(28)2;/h6-13H,5,14-15H2,1-4H3,(H,23,25);1H. The normalized spacial score (nSPS) is 11.3. The van der Waals surface area contributed by atoms with Crippen LogP contribution in [0.4, 0.5) is 4.39 Å². The number of imidazole rings is 1. The molecule has 0 aliphatic rings. The van der Waals surface area contributed by atoms with Crippen LogP contribution in [-0.4, -0.2) is 38.6 Å². The molecule has 0 radical (unpaired) electrons. The van der Waals surface area contributed by atoms with Crippen LogP contribution in [-0.2, 0) is 20.1 Å². The quantitative estimate of drug-likeness (QED) is 0.311. The number of benzene rings is 1. The zero-order valence-corrected chi connectivity index (χ0v) is 19.6. The second-order valence-corrected chi connectivity index (χ2v) is 6.77. The monoisotopic (exact) mass is 510 g/mol. The molecule has 0 aliphatic heterocycles. The summed E-state index contributed by atoms with van der Waals surface area (Å²) in [7, 11) is 4.03. The molecule has 0 aliphatic carbocycles. The summed E-state index contributed by atoms with van der Waals surface area (Å²) >= 11 is 0. The molecular weight excluding hydrogens is 482 g/mol. The maximum atomic E-state index is 14.6. The van der Waals surface area contributed by atoms with Gasteiger partial charge in [-0.3, -0.25) is 0 Å². The van der Waals surface area contributed by atoms with E-state index in [-0.39, 0.29) is 29.8 Å². The summed E-state index contributed by atoms with van der Waals surface area (Å²) in [4.78, 5) is 10.9. The molecule has 2 aromatic heterocycles. The first-order valence-corrected chi connectivity index (χ1v) is 9.38. The lowest BCUT2D eigenvalue weighted by atomic mass is 10.2. The number of aromatic nitrogens is 3. The zero-order chi connectivity index (χ0) is 20.1. The van der Waals surface area contributed by atoms with E-state index in [0.717, 1.165) is 30.4 Å². The van der Waals surface area contributed by atoms with Crippen LogP contribution in [0.3, 0.4) is 0 Å². The molecule has 0 saturated heterocycles. The molecule has 0 amide bonds. The molecule has 156 valence electrons. The highest BCUT2D eigenvalue weighted by molar-refractivity contribution is 14.0. The van der Waals surface area contributed by atoms with Crippen molar-refractivity contribution in [3.63, 3.8) is 0 Å². The van der Waals surface area contributed by atoms with Crippen molar-refractivity contribution in [2.24, 2.45) is 12.0 Å². The van der Waals surface area contributed by atoms with Crippen LogP contribution in [0.5, 0.6) is 0 Å². The summed E-state index contributed by atoms with van der Waals surface area (Å²) in [6, 6.07) is 9.34. The molecule has 0 saturated carbocycles. The fourth-order valence-electron chi connectivity index (χ4n) is 3.09. The van der Waals surface area contributed by atoms with Crippen LogP contribution in [0.15, 0.2) is 53.9 Å². The molecule has 0 fully saturated rings. The van der Waals surface area contributed by atoms with Gasteiger partial charge in [-0.05, 0) is 43.7 Å². The van der Waals surface area contributed by atoms with Crippen LogP contribution < -0.4 is 5.32 Å². The largest absolute Gasteiger partial charge is 0.357 e. The molecule has 8 heteroatoms. The van der Waals surface area contributed by atoms with Crippen molar-refractivity contribution >= 4 is 29.9 Å². The molecule has 3 rings (SSSR count). The van der Waals surface area contributed by atoms with E-state index >= 15 is 0 Å². The van der Waals surface area contributed by atoms with Gasteiger partial charge in [0.2, 0.25) is 0 Å². The van der Waals surface area contributed by atoms with E-state index in [1.54, 1.807) is 29.1 Å². The Balaban J connectivity index is 0.00000300. The van der Waals surface area contributed by atoms with Crippen molar-refractivity contribution in [3.8, 4) is 5.69 Å². The Morgan fingerprint density at radius 1 is 1.28 bits per heavy atom. The van der Waals surface area contributed by atoms with Crippen LogP contribution >= 0.6 is 24.0 Å². The number of rotatable bonds is 6. The fourth-order valence-corrected chi connectivity index (χ4v) is 3.09. The zero-order valence-electron chi connectivity index (χ0n) is 17.3. The number of aliphatic imine (C=N–C) groups is 1. The minimum absolute atomic E-state index is 0. The van der Waals surface area contributed by atoms with Gasteiger partial charge in [0, 0.05) is 44.9 Å². The minimum Gasteiger partial charge on any atom is -0.357 e. The Morgan fingerprint density at radius 2 is 2.07 bits per heavy atom. The third kappa shape index (κ3) is 5.59. The first-order chi connectivity index (χ1) is 13.5. The van der Waals surface area contributed by atoms with Gasteiger partial charge in [0.1, 0.15) is 11.6 Å². The Hall–Kier alpha value is -2.36. The van der Waals surface area contributed by atoms with Crippen molar-refractivity contribution < 1.29 is 4.39 Å². The lowest BCUT2D eigenvalue weighted by molar-refractivity contribution is 0.462. The van der Waals surface area contributed by atoms with Gasteiger partial charge >= 0.3 is 0 Å². The number of hydrogen-bond donors (Lipinski definition) is 1. The Bertz CT molecular complexity index is 962. The van der Waals surface area contributed by atoms with E-state index in [9.17, 15) is 4.39 Å². The van der Waals surface area contributed by atoms with Gasteiger partial charge < -0.3 is 19.4 Å². The van der Waals surface area contributed by atoms with Crippen LogP contribution in [0.1, 0.15) is 24.0 Å². The molecule has 6 nitrogen and oxygen atoms in total. The van der Waals surface area contributed by atoms with Gasteiger partial charge in [-0.1, -0.05) is 6.07 Å². The predicted octanol–water partition coefficient (Wildman–Crippen LogP) is 3.87. The summed E-state index contributed by atoms with van der Waals surface area (Å²) in [5.74, 6) is 1.26.